The molecule has 0 saturated carbocycles. The van der Waals surface area contributed by atoms with Crippen LogP contribution >= 0.6 is 0 Å². The summed E-state index contributed by atoms with van der Waals surface area (Å²) in [5.74, 6) is -0.200. The van der Waals surface area contributed by atoms with Crippen molar-refractivity contribution in [3.63, 3.8) is 0 Å². The van der Waals surface area contributed by atoms with Crippen LogP contribution in [0, 0.1) is 0 Å². The third kappa shape index (κ3) is 5.23. The number of ether oxygens (including phenoxy) is 1. The molecule has 0 amide bonds. The van der Waals surface area contributed by atoms with Crippen molar-refractivity contribution >= 4 is 11.4 Å². The molecule has 8 heteroatoms. The predicted octanol–water partition coefficient (Wildman–Crippen LogP) is 5.03. The minimum atomic E-state index is -4.68. The summed E-state index contributed by atoms with van der Waals surface area (Å²) < 4.78 is 41.3. The average Bonchev–Trinajstić information content (AvgIpc) is 3.02. The van der Waals surface area contributed by atoms with Crippen LogP contribution in [-0.4, -0.2) is 48.1 Å². The van der Waals surface area contributed by atoms with Crippen LogP contribution < -0.4 is 14.5 Å². The summed E-state index contributed by atoms with van der Waals surface area (Å²) >= 11 is 0. The molecule has 2 aliphatic rings. The Kier molecular flexibility index (Phi) is 6.01. The van der Waals surface area contributed by atoms with E-state index >= 15 is 0 Å². The number of pyridine rings is 1. The summed E-state index contributed by atoms with van der Waals surface area (Å²) in [7, 11) is 0. The molecule has 2 fully saturated rings. The first-order valence-corrected chi connectivity index (χ1v) is 10.7. The van der Waals surface area contributed by atoms with Crippen molar-refractivity contribution in [2.45, 2.75) is 51.6 Å². The summed E-state index contributed by atoms with van der Waals surface area (Å²) in [6, 6.07) is 8.22. The second kappa shape index (κ2) is 8.57. The molecule has 0 unspecified atom stereocenters. The Bertz CT molecular complexity index is 879. The number of hydrogen-bond acceptors (Lipinski definition) is 5. The third-order valence-corrected chi connectivity index (χ3v) is 6.16. The van der Waals surface area contributed by atoms with E-state index in [-0.39, 0.29) is 11.3 Å². The number of rotatable bonds is 5. The highest BCUT2D eigenvalue weighted by molar-refractivity contribution is 5.53. The van der Waals surface area contributed by atoms with Crippen molar-refractivity contribution in [3.05, 3.63) is 48.3 Å². The fourth-order valence-electron chi connectivity index (χ4n) is 4.48. The topological polar surface area (TPSA) is 31.8 Å². The summed E-state index contributed by atoms with van der Waals surface area (Å²) in [6.07, 6.45) is 2.86. The van der Waals surface area contributed by atoms with Gasteiger partial charge in [-0.15, -0.1) is 13.2 Å². The molecule has 1 aromatic carbocycles. The maximum Gasteiger partial charge on any atom is 0.573 e. The maximum absolute atomic E-state index is 12.4. The predicted molar refractivity (Wildman–Crippen MR) is 115 cm³/mol. The van der Waals surface area contributed by atoms with Gasteiger partial charge < -0.3 is 14.5 Å². The third-order valence-electron chi connectivity index (χ3n) is 6.16. The SMILES string of the molecule is CC1(C)CN(c2ccc(OC(F)(F)F)cc2)CN1Cc1ccncc1N1CCCCC1. The molecular weight excluding hydrogens is 405 g/mol. The van der Waals surface area contributed by atoms with E-state index in [1.807, 2.05) is 12.4 Å². The molecule has 0 radical (unpaired) electrons. The zero-order valence-corrected chi connectivity index (χ0v) is 18.0. The Morgan fingerprint density at radius 3 is 2.39 bits per heavy atom. The van der Waals surface area contributed by atoms with Gasteiger partial charge in [-0.05, 0) is 69.0 Å². The van der Waals surface area contributed by atoms with Gasteiger partial charge in [0.25, 0.3) is 0 Å². The zero-order valence-electron chi connectivity index (χ0n) is 18.0. The molecule has 0 atom stereocenters. The Labute approximate surface area is 181 Å². The molecule has 3 heterocycles. The lowest BCUT2D eigenvalue weighted by atomic mass is 10.0. The van der Waals surface area contributed by atoms with Crippen LogP contribution in [0.1, 0.15) is 38.7 Å². The van der Waals surface area contributed by atoms with E-state index in [9.17, 15) is 13.2 Å². The minimum Gasteiger partial charge on any atom is -0.406 e. The number of alkyl halides is 3. The minimum absolute atomic E-state index is 0.0798. The number of anilines is 2. The lowest BCUT2D eigenvalue weighted by Crippen LogP contribution is -2.40. The maximum atomic E-state index is 12.4. The molecule has 2 aromatic rings. The molecule has 0 bridgehead atoms. The van der Waals surface area contributed by atoms with Crippen LogP contribution in [0.3, 0.4) is 0 Å². The van der Waals surface area contributed by atoms with Crippen molar-refractivity contribution in [1.29, 1.82) is 0 Å². The molecule has 31 heavy (non-hydrogen) atoms. The highest BCUT2D eigenvalue weighted by atomic mass is 19.4. The van der Waals surface area contributed by atoms with Crippen LogP contribution in [0.25, 0.3) is 0 Å². The summed E-state index contributed by atoms with van der Waals surface area (Å²) in [4.78, 5) is 11.4. The molecule has 0 N–H and O–H groups in total. The second-order valence-corrected chi connectivity index (χ2v) is 8.94. The molecule has 0 spiro atoms. The van der Waals surface area contributed by atoms with Gasteiger partial charge in [0, 0.05) is 43.6 Å². The fourth-order valence-corrected chi connectivity index (χ4v) is 4.48. The first-order valence-electron chi connectivity index (χ1n) is 10.7. The zero-order chi connectivity index (χ0) is 22.1. The van der Waals surface area contributed by atoms with Crippen LogP contribution in [0.15, 0.2) is 42.7 Å². The number of halogens is 3. The molecule has 168 valence electrons. The number of benzene rings is 1. The normalized spacial score (nSPS) is 19.6. The standard InChI is InChI=1S/C23H29F3N4O/c1-22(2)16-29(19-6-8-20(9-7-19)31-23(24,25)26)17-30(22)15-18-10-11-27-14-21(18)28-12-4-3-5-13-28/h6-11,14H,3-5,12-13,15-17H2,1-2H3. The van der Waals surface area contributed by atoms with Crippen LogP contribution in [0.5, 0.6) is 5.75 Å². The molecule has 2 saturated heterocycles. The van der Waals surface area contributed by atoms with Gasteiger partial charge in [0.1, 0.15) is 5.75 Å². The molecule has 1 aromatic heterocycles. The average molecular weight is 435 g/mol. The van der Waals surface area contributed by atoms with Crippen molar-refractivity contribution in [3.8, 4) is 5.75 Å². The smallest absolute Gasteiger partial charge is 0.406 e. The fraction of sp³-hybridized carbons (Fsp3) is 0.522. The van der Waals surface area contributed by atoms with Crippen molar-refractivity contribution < 1.29 is 17.9 Å². The number of nitrogens with zero attached hydrogens (tertiary/aromatic N) is 4. The lowest BCUT2D eigenvalue weighted by molar-refractivity contribution is -0.274. The van der Waals surface area contributed by atoms with E-state index in [4.69, 9.17) is 0 Å². The van der Waals surface area contributed by atoms with E-state index in [0.717, 1.165) is 31.9 Å². The summed E-state index contributed by atoms with van der Waals surface area (Å²) in [5.41, 5.74) is 3.28. The molecular formula is C23H29F3N4O. The first kappa shape index (κ1) is 21.7. The van der Waals surface area contributed by atoms with E-state index < -0.39 is 6.36 Å². The Balaban J connectivity index is 1.47. The molecule has 5 nitrogen and oxygen atoms in total. The Hall–Kier alpha value is -2.48. The van der Waals surface area contributed by atoms with Crippen LogP contribution in [0.4, 0.5) is 24.5 Å². The highest BCUT2D eigenvalue weighted by Crippen LogP contribution is 2.33. The van der Waals surface area contributed by atoms with Gasteiger partial charge in [0.15, 0.2) is 0 Å². The van der Waals surface area contributed by atoms with Crippen LogP contribution in [0.2, 0.25) is 0 Å². The van der Waals surface area contributed by atoms with Gasteiger partial charge in [-0.2, -0.15) is 0 Å². The van der Waals surface area contributed by atoms with E-state index in [0.29, 0.717) is 6.67 Å². The van der Waals surface area contributed by atoms with Gasteiger partial charge >= 0.3 is 6.36 Å². The largest absolute Gasteiger partial charge is 0.573 e. The van der Waals surface area contributed by atoms with E-state index in [1.54, 1.807) is 12.1 Å². The number of piperidine rings is 1. The van der Waals surface area contributed by atoms with Crippen molar-refractivity contribution in [1.82, 2.24) is 9.88 Å². The van der Waals surface area contributed by atoms with Gasteiger partial charge in [-0.25, -0.2) is 0 Å². The van der Waals surface area contributed by atoms with Gasteiger partial charge in [-0.3, -0.25) is 9.88 Å². The summed E-state index contributed by atoms with van der Waals surface area (Å²) in [6.45, 7) is 8.84. The van der Waals surface area contributed by atoms with Gasteiger partial charge in [0.2, 0.25) is 0 Å². The van der Waals surface area contributed by atoms with E-state index in [1.165, 1.54) is 42.6 Å². The van der Waals surface area contributed by atoms with Gasteiger partial charge in [-0.1, -0.05) is 0 Å². The van der Waals surface area contributed by atoms with Crippen molar-refractivity contribution in [2.24, 2.45) is 0 Å². The Morgan fingerprint density at radius 2 is 1.71 bits per heavy atom. The van der Waals surface area contributed by atoms with Crippen LogP contribution in [-0.2, 0) is 6.54 Å². The second-order valence-electron chi connectivity index (χ2n) is 8.94. The first-order chi connectivity index (χ1) is 14.7. The monoisotopic (exact) mass is 434 g/mol. The van der Waals surface area contributed by atoms with Crippen molar-refractivity contribution in [2.75, 3.05) is 36.1 Å². The molecule has 4 rings (SSSR count). The number of hydrogen-bond donors (Lipinski definition) is 0. The highest BCUT2D eigenvalue weighted by Gasteiger charge is 2.38. The molecule has 0 aliphatic carbocycles. The quantitative estimate of drug-likeness (QED) is 0.659. The summed E-state index contributed by atoms with van der Waals surface area (Å²) in [5, 5.41) is 0. The number of aromatic nitrogens is 1. The van der Waals surface area contributed by atoms with E-state index in [2.05, 4.69) is 44.3 Å². The van der Waals surface area contributed by atoms with Gasteiger partial charge in [0.05, 0.1) is 18.6 Å². The lowest BCUT2D eigenvalue weighted by Gasteiger charge is -2.33. The Morgan fingerprint density at radius 1 is 1.00 bits per heavy atom. The molecule has 2 aliphatic heterocycles.